The van der Waals surface area contributed by atoms with Crippen LogP contribution in [0.15, 0.2) is 47.6 Å². The number of nitrogens with zero attached hydrogens (tertiary/aromatic N) is 4. The molecule has 0 aliphatic carbocycles. The molecule has 3 aliphatic rings. The molecule has 6 nitrogen and oxygen atoms in total. The summed E-state index contributed by atoms with van der Waals surface area (Å²) in [6, 6.07) is 13.4. The molecule has 0 spiro atoms. The van der Waals surface area contributed by atoms with Gasteiger partial charge in [-0.15, -0.1) is 0 Å². The van der Waals surface area contributed by atoms with E-state index in [1.165, 1.54) is 11.3 Å². The Bertz CT molecular complexity index is 932. The van der Waals surface area contributed by atoms with Crippen LogP contribution in [0.4, 0.5) is 5.69 Å². The van der Waals surface area contributed by atoms with Crippen molar-refractivity contribution >= 4 is 22.6 Å². The van der Waals surface area contributed by atoms with Crippen LogP contribution in [0.2, 0.25) is 0 Å². The first-order chi connectivity index (χ1) is 15.3. The second-order valence-electron chi connectivity index (χ2n) is 8.09. The summed E-state index contributed by atoms with van der Waals surface area (Å²) < 4.78 is 11.8. The highest BCUT2D eigenvalue weighted by molar-refractivity contribution is 8.14. The van der Waals surface area contributed by atoms with Crippen LogP contribution in [0, 0.1) is 0 Å². The average Bonchev–Trinajstić information content (AvgIpc) is 3.40. The van der Waals surface area contributed by atoms with Crippen molar-refractivity contribution in [3.8, 4) is 5.75 Å². The summed E-state index contributed by atoms with van der Waals surface area (Å²) in [6.45, 7) is 8.34. The SMILES string of the molecule is CCOc1cc(N2CCOCC2)ccc1[C@@H]1[C@@H](c2ccccn2)N=C2SC[C@H](CC)N21. The van der Waals surface area contributed by atoms with Gasteiger partial charge >= 0.3 is 0 Å². The molecular weight excluding hydrogens is 408 g/mol. The van der Waals surface area contributed by atoms with E-state index in [1.54, 1.807) is 0 Å². The van der Waals surface area contributed by atoms with Crippen LogP contribution in [0.3, 0.4) is 0 Å². The van der Waals surface area contributed by atoms with E-state index in [1.807, 2.05) is 24.0 Å². The van der Waals surface area contributed by atoms with Crippen LogP contribution >= 0.6 is 11.8 Å². The number of hydrogen-bond acceptors (Lipinski definition) is 7. The fourth-order valence-electron chi connectivity index (χ4n) is 4.75. The zero-order chi connectivity index (χ0) is 21.2. The summed E-state index contributed by atoms with van der Waals surface area (Å²) in [5.74, 6) is 2.05. The molecule has 2 saturated heterocycles. The van der Waals surface area contributed by atoms with Gasteiger partial charge in [-0.2, -0.15) is 0 Å². The van der Waals surface area contributed by atoms with Crippen molar-refractivity contribution in [2.45, 2.75) is 38.4 Å². The van der Waals surface area contributed by atoms with Crippen LogP contribution in [0.25, 0.3) is 0 Å². The number of rotatable bonds is 6. The monoisotopic (exact) mass is 438 g/mol. The third-order valence-corrected chi connectivity index (χ3v) is 7.45. The van der Waals surface area contributed by atoms with Crippen molar-refractivity contribution in [3.63, 3.8) is 0 Å². The Balaban J connectivity index is 1.56. The van der Waals surface area contributed by atoms with Gasteiger partial charge in [-0.3, -0.25) is 9.98 Å². The molecule has 0 unspecified atom stereocenters. The van der Waals surface area contributed by atoms with E-state index < -0.39 is 0 Å². The minimum absolute atomic E-state index is 0.0218. The average molecular weight is 439 g/mol. The number of aromatic nitrogens is 1. The van der Waals surface area contributed by atoms with E-state index in [4.69, 9.17) is 14.5 Å². The van der Waals surface area contributed by atoms with Gasteiger partial charge in [0.05, 0.1) is 31.6 Å². The minimum Gasteiger partial charge on any atom is -0.493 e. The van der Waals surface area contributed by atoms with Crippen molar-refractivity contribution in [3.05, 3.63) is 53.9 Å². The smallest absolute Gasteiger partial charge is 0.160 e. The predicted molar refractivity (Wildman–Crippen MR) is 126 cm³/mol. The number of fused-ring (bicyclic) bond motifs is 1. The molecule has 2 aromatic rings. The molecule has 0 bridgehead atoms. The number of thioether (sulfide) groups is 1. The van der Waals surface area contributed by atoms with Gasteiger partial charge < -0.3 is 19.3 Å². The van der Waals surface area contributed by atoms with Crippen molar-refractivity contribution in [2.75, 3.05) is 43.6 Å². The Hall–Kier alpha value is -2.25. The quantitative estimate of drug-likeness (QED) is 0.670. The zero-order valence-corrected chi connectivity index (χ0v) is 19.1. The molecular formula is C24H30N4O2S. The van der Waals surface area contributed by atoms with Crippen LogP contribution in [0.5, 0.6) is 5.75 Å². The lowest BCUT2D eigenvalue weighted by molar-refractivity contribution is 0.122. The molecule has 0 amide bonds. The van der Waals surface area contributed by atoms with Gasteiger partial charge in [0.2, 0.25) is 0 Å². The highest BCUT2D eigenvalue weighted by Gasteiger charge is 2.46. The maximum absolute atomic E-state index is 6.22. The summed E-state index contributed by atoms with van der Waals surface area (Å²) in [4.78, 5) is 14.7. The molecule has 1 aromatic heterocycles. The number of anilines is 1. The van der Waals surface area contributed by atoms with Gasteiger partial charge in [-0.05, 0) is 31.5 Å². The molecule has 4 heterocycles. The van der Waals surface area contributed by atoms with Crippen LogP contribution in [-0.4, -0.2) is 59.8 Å². The topological polar surface area (TPSA) is 50.2 Å². The highest BCUT2D eigenvalue weighted by atomic mass is 32.2. The summed E-state index contributed by atoms with van der Waals surface area (Å²) in [7, 11) is 0. The van der Waals surface area contributed by atoms with Crippen molar-refractivity contribution < 1.29 is 9.47 Å². The molecule has 0 saturated carbocycles. The number of pyridine rings is 1. The largest absolute Gasteiger partial charge is 0.493 e. The van der Waals surface area contributed by atoms with E-state index in [2.05, 4.69) is 59.0 Å². The normalized spacial score (nSPS) is 25.5. The predicted octanol–water partition coefficient (Wildman–Crippen LogP) is 4.30. The number of hydrogen-bond donors (Lipinski definition) is 0. The Labute approximate surface area is 188 Å². The van der Waals surface area contributed by atoms with Crippen LogP contribution in [0.1, 0.15) is 43.6 Å². The van der Waals surface area contributed by atoms with Gasteiger partial charge in [0.25, 0.3) is 0 Å². The maximum Gasteiger partial charge on any atom is 0.160 e. The van der Waals surface area contributed by atoms with Crippen LogP contribution in [-0.2, 0) is 4.74 Å². The first-order valence-corrected chi connectivity index (χ1v) is 12.3. The minimum atomic E-state index is -0.0218. The molecule has 31 heavy (non-hydrogen) atoms. The van der Waals surface area contributed by atoms with E-state index in [-0.39, 0.29) is 12.1 Å². The Morgan fingerprint density at radius 2 is 2.03 bits per heavy atom. The summed E-state index contributed by atoms with van der Waals surface area (Å²) in [6.07, 6.45) is 2.97. The Kier molecular flexibility index (Phi) is 6.05. The number of morpholine rings is 1. The highest BCUT2D eigenvalue weighted by Crippen LogP contribution is 2.50. The molecule has 1 aromatic carbocycles. The second kappa shape index (κ2) is 9.09. The molecule has 3 atom stereocenters. The second-order valence-corrected chi connectivity index (χ2v) is 9.08. The lowest BCUT2D eigenvalue weighted by Crippen LogP contribution is -2.37. The van der Waals surface area contributed by atoms with E-state index in [0.717, 1.165) is 55.1 Å². The summed E-state index contributed by atoms with van der Waals surface area (Å²) in [5, 5.41) is 1.15. The maximum atomic E-state index is 6.22. The Morgan fingerprint density at radius 1 is 1.16 bits per heavy atom. The molecule has 7 heteroatoms. The van der Waals surface area contributed by atoms with Gasteiger partial charge in [-0.1, -0.05) is 30.8 Å². The van der Waals surface area contributed by atoms with E-state index >= 15 is 0 Å². The fourth-order valence-corrected chi connectivity index (χ4v) is 6.09. The lowest BCUT2D eigenvalue weighted by Gasteiger charge is -2.34. The first-order valence-electron chi connectivity index (χ1n) is 11.3. The van der Waals surface area contributed by atoms with Crippen molar-refractivity contribution in [2.24, 2.45) is 4.99 Å². The molecule has 0 N–H and O–H groups in total. The third kappa shape index (κ3) is 3.89. The number of amidine groups is 1. The molecule has 2 fully saturated rings. The van der Waals surface area contributed by atoms with Gasteiger partial charge in [0, 0.05) is 48.4 Å². The van der Waals surface area contributed by atoms with Gasteiger partial charge in [0.1, 0.15) is 11.8 Å². The van der Waals surface area contributed by atoms with Crippen LogP contribution < -0.4 is 9.64 Å². The summed E-state index contributed by atoms with van der Waals surface area (Å²) >= 11 is 1.87. The lowest BCUT2D eigenvalue weighted by atomic mass is 9.94. The Morgan fingerprint density at radius 3 is 2.77 bits per heavy atom. The summed E-state index contributed by atoms with van der Waals surface area (Å²) in [5.41, 5.74) is 3.42. The molecule has 3 aliphatic heterocycles. The van der Waals surface area contributed by atoms with Gasteiger partial charge in [0.15, 0.2) is 5.17 Å². The fraction of sp³-hybridized carbons (Fsp3) is 0.500. The third-order valence-electron chi connectivity index (χ3n) is 6.32. The van der Waals surface area contributed by atoms with Crippen molar-refractivity contribution in [1.82, 2.24) is 9.88 Å². The molecule has 164 valence electrons. The standard InChI is InChI=1S/C24H30N4O2S/c1-3-17-16-31-24-26-22(20-7-5-6-10-25-20)23(28(17)24)19-9-8-18(15-21(19)30-4-2)27-11-13-29-14-12-27/h5-10,15,17,22-23H,3-4,11-14,16H2,1-2H3/t17-,22+,23+/m0/s1. The number of benzene rings is 1. The molecule has 0 radical (unpaired) electrons. The van der Waals surface area contributed by atoms with E-state index in [0.29, 0.717) is 12.6 Å². The first kappa shape index (κ1) is 20.6. The number of ether oxygens (including phenoxy) is 2. The van der Waals surface area contributed by atoms with E-state index in [9.17, 15) is 0 Å². The van der Waals surface area contributed by atoms with Gasteiger partial charge in [-0.25, -0.2) is 0 Å². The van der Waals surface area contributed by atoms with Crippen molar-refractivity contribution in [1.29, 1.82) is 0 Å². The zero-order valence-electron chi connectivity index (χ0n) is 18.2. The number of aliphatic imine (C=N–C) groups is 1. The molecule has 5 rings (SSSR count).